The third-order valence-electron chi connectivity index (χ3n) is 4.51. The molecule has 1 amide bonds. The summed E-state index contributed by atoms with van der Waals surface area (Å²) >= 11 is 0. The molecule has 0 saturated carbocycles. The van der Waals surface area contributed by atoms with E-state index in [1.54, 1.807) is 23.5 Å². The number of alkyl halides is 6. The van der Waals surface area contributed by atoms with Crippen LogP contribution in [0.3, 0.4) is 0 Å². The highest BCUT2D eigenvalue weighted by atomic mass is 19.4. The van der Waals surface area contributed by atoms with Gasteiger partial charge in [0.05, 0.1) is 0 Å². The second-order valence-corrected chi connectivity index (χ2v) is 8.48. The van der Waals surface area contributed by atoms with Gasteiger partial charge in [0.1, 0.15) is 23.5 Å². The van der Waals surface area contributed by atoms with E-state index in [2.05, 4.69) is 9.64 Å². The van der Waals surface area contributed by atoms with Crippen molar-refractivity contribution in [1.82, 2.24) is 9.80 Å². The Morgan fingerprint density at radius 2 is 1.50 bits per heavy atom. The van der Waals surface area contributed by atoms with Gasteiger partial charge in [0.15, 0.2) is 7.85 Å². The fourth-order valence-electron chi connectivity index (χ4n) is 3.83. The first kappa shape index (κ1) is 23.1. The molecule has 1 aliphatic heterocycles. The molecule has 1 atom stereocenters. The average Bonchev–Trinajstić information content (AvgIpc) is 2.31. The summed E-state index contributed by atoms with van der Waals surface area (Å²) in [5, 5.41) is -0.665. The van der Waals surface area contributed by atoms with Crippen molar-refractivity contribution in [2.45, 2.75) is 55.4 Å². The summed E-state index contributed by atoms with van der Waals surface area (Å²) in [5.41, 5.74) is -4.86. The van der Waals surface area contributed by atoms with E-state index in [-0.39, 0.29) is 32.4 Å². The Hall–Kier alpha value is -0.930. The van der Waals surface area contributed by atoms with Crippen molar-refractivity contribution in [2.75, 3.05) is 13.1 Å². The summed E-state index contributed by atoms with van der Waals surface area (Å²) < 4.78 is 81.7. The zero-order valence-electron chi connectivity index (χ0n) is 16.0. The summed E-state index contributed by atoms with van der Waals surface area (Å²) in [5.74, 6) is -0.283. The van der Waals surface area contributed by atoms with Crippen LogP contribution in [-0.4, -0.2) is 95.0 Å². The molecule has 26 heavy (non-hydrogen) atoms. The summed E-state index contributed by atoms with van der Waals surface area (Å²) in [6.07, 6.45) is -13.2. The molecule has 0 aromatic heterocycles. The Morgan fingerprint density at radius 3 is 1.81 bits per heavy atom. The van der Waals surface area contributed by atoms with E-state index < -0.39 is 29.3 Å². The maximum absolute atomic E-state index is 13.0. The predicted molar refractivity (Wildman–Crippen MR) is 95.2 cm³/mol. The van der Waals surface area contributed by atoms with Crippen LogP contribution in [0.1, 0.15) is 20.8 Å². The van der Waals surface area contributed by atoms with Crippen LogP contribution in [-0.2, 0) is 4.74 Å². The number of hydrogen-bond acceptors (Lipinski definition) is 3. The van der Waals surface area contributed by atoms with E-state index in [4.69, 9.17) is 0 Å². The third-order valence-corrected chi connectivity index (χ3v) is 4.51. The topological polar surface area (TPSA) is 32.8 Å². The maximum atomic E-state index is 13.0. The van der Waals surface area contributed by atoms with Gasteiger partial charge >= 0.3 is 18.4 Å². The molecule has 14 heteroatoms. The van der Waals surface area contributed by atoms with Crippen LogP contribution in [0, 0.1) is 0 Å². The number of amides is 1. The highest BCUT2D eigenvalue weighted by Crippen LogP contribution is 2.44. The number of carbonyl (C=O) groups excluding carboxylic acids is 1. The number of nitrogens with zero attached hydrogens (tertiary/aromatic N) is 2. The average molecular weight is 384 g/mol. The molecule has 0 spiro atoms. The van der Waals surface area contributed by atoms with Gasteiger partial charge in [0, 0.05) is 18.6 Å². The van der Waals surface area contributed by atoms with Gasteiger partial charge in [0.2, 0.25) is 0 Å². The van der Waals surface area contributed by atoms with Gasteiger partial charge in [0.25, 0.3) is 5.50 Å². The van der Waals surface area contributed by atoms with Crippen LogP contribution in [0.15, 0.2) is 0 Å². The molecule has 0 aliphatic carbocycles. The summed E-state index contributed by atoms with van der Waals surface area (Å²) in [6, 6.07) is 0. The Bertz CT molecular complexity index is 535. The number of carbonyl (C=O) groups is 1. The molecule has 146 valence electrons. The lowest BCUT2D eigenvalue weighted by atomic mass is 9.56. The van der Waals surface area contributed by atoms with Crippen LogP contribution in [0.4, 0.5) is 31.1 Å². The van der Waals surface area contributed by atoms with Crippen molar-refractivity contribution in [3.8, 4) is 0 Å². The van der Waals surface area contributed by atoms with Crippen LogP contribution in [0.25, 0.3) is 0 Å². The second-order valence-electron chi connectivity index (χ2n) is 8.48. The number of piperazine rings is 1. The monoisotopic (exact) mass is 384 g/mol. The van der Waals surface area contributed by atoms with Crippen molar-refractivity contribution in [3.63, 3.8) is 0 Å². The summed E-state index contributed by atoms with van der Waals surface area (Å²) in [7, 11) is 5.14. The van der Waals surface area contributed by atoms with Crippen molar-refractivity contribution in [1.29, 1.82) is 0 Å². The minimum atomic E-state index is -5.78. The zero-order chi connectivity index (χ0) is 20.9. The van der Waals surface area contributed by atoms with Gasteiger partial charge in [-0.2, -0.15) is 26.3 Å². The van der Waals surface area contributed by atoms with Crippen LogP contribution < -0.4 is 0 Å². The fraction of sp³-hybridized carbons (Fsp3) is 0.917. The molecule has 1 fully saturated rings. The van der Waals surface area contributed by atoms with Gasteiger partial charge in [-0.15, -0.1) is 0 Å². The van der Waals surface area contributed by atoms with E-state index in [9.17, 15) is 31.1 Å². The minimum absolute atomic E-state index is 0.0364. The third kappa shape index (κ3) is 4.31. The van der Waals surface area contributed by atoms with E-state index in [1.807, 2.05) is 20.8 Å². The van der Waals surface area contributed by atoms with Crippen molar-refractivity contribution >= 4 is 37.5 Å². The van der Waals surface area contributed by atoms with E-state index in [1.165, 1.54) is 0 Å². The van der Waals surface area contributed by atoms with E-state index in [0.29, 0.717) is 0 Å². The largest absolute Gasteiger partial charge is 0.433 e. The Kier molecular flexibility index (Phi) is 5.86. The van der Waals surface area contributed by atoms with Gasteiger partial charge < -0.3 is 14.5 Å². The zero-order valence-corrected chi connectivity index (χ0v) is 16.0. The maximum Gasteiger partial charge on any atom is 0.428 e. The SMILES string of the molecule is BC1CN(C(=O)OC(B)(C(F)(F)F)C(F)(F)F)CC(B)(B)N1C(C)(C)C. The van der Waals surface area contributed by atoms with Gasteiger partial charge in [-0.25, -0.2) is 4.79 Å². The number of ether oxygens (including phenoxy) is 1. The minimum Gasteiger partial charge on any atom is -0.433 e. The highest BCUT2D eigenvalue weighted by Gasteiger charge is 2.70. The predicted octanol–water partition coefficient (Wildman–Crippen LogP) is -1.13. The molecule has 1 unspecified atom stereocenters. The molecule has 1 heterocycles. The van der Waals surface area contributed by atoms with Crippen LogP contribution >= 0.6 is 0 Å². The Labute approximate surface area is 152 Å². The summed E-state index contributed by atoms with van der Waals surface area (Å²) in [4.78, 5) is 15.2. The first-order valence-corrected chi connectivity index (χ1v) is 8.15. The van der Waals surface area contributed by atoms with Gasteiger partial charge in [-0.05, 0) is 32.1 Å². The molecule has 0 aromatic rings. The highest BCUT2D eigenvalue weighted by molar-refractivity contribution is 6.40. The standard InChI is InChI=1S/C12H22B4F6N2O2/c1-8(2,3)24-6(13)4-23(5-9(24,14)15)7(25)26-10(16,11(17,18)19)12(20,21)22/h6H,4-5,13-16H2,1-3H3. The van der Waals surface area contributed by atoms with E-state index in [0.717, 1.165) is 4.90 Å². The molecular weight excluding hydrogens is 361 g/mol. The molecule has 1 aliphatic rings. The first-order chi connectivity index (χ1) is 11.2. The van der Waals surface area contributed by atoms with Gasteiger partial charge in [-0.3, -0.25) is 0 Å². The molecule has 1 saturated heterocycles. The summed E-state index contributed by atoms with van der Waals surface area (Å²) in [6.45, 7) is 5.75. The molecule has 1 rings (SSSR count). The Balaban J connectivity index is 3.09. The normalized spacial score (nSPS) is 23.0. The number of halogens is 6. The number of hydrogen-bond donors (Lipinski definition) is 0. The van der Waals surface area contributed by atoms with E-state index >= 15 is 0 Å². The molecule has 0 bridgehead atoms. The lowest BCUT2D eigenvalue weighted by Crippen LogP contribution is -2.73. The smallest absolute Gasteiger partial charge is 0.428 e. The van der Waals surface area contributed by atoms with Gasteiger partial charge in [-0.1, -0.05) is 0 Å². The lowest BCUT2D eigenvalue weighted by molar-refractivity contribution is -0.331. The molecule has 4 nitrogen and oxygen atoms in total. The number of rotatable bonds is 1. The second kappa shape index (κ2) is 6.60. The van der Waals surface area contributed by atoms with Crippen LogP contribution in [0.5, 0.6) is 0 Å². The van der Waals surface area contributed by atoms with Crippen molar-refractivity contribution in [2.24, 2.45) is 0 Å². The lowest BCUT2D eigenvalue weighted by Gasteiger charge is -2.57. The van der Waals surface area contributed by atoms with Crippen molar-refractivity contribution in [3.05, 3.63) is 0 Å². The van der Waals surface area contributed by atoms with Crippen molar-refractivity contribution < 1.29 is 35.9 Å². The molecular formula is C12H22B4F6N2O2. The first-order valence-electron chi connectivity index (χ1n) is 8.15. The quantitative estimate of drug-likeness (QED) is 0.425. The fourth-order valence-corrected chi connectivity index (χ4v) is 3.83. The Morgan fingerprint density at radius 1 is 1.08 bits per heavy atom. The van der Waals surface area contributed by atoms with Crippen LogP contribution in [0.2, 0.25) is 0 Å². The molecule has 0 aromatic carbocycles. The molecule has 0 radical (unpaired) electrons. The molecule has 0 N–H and O–H groups in total.